The van der Waals surface area contributed by atoms with E-state index in [4.69, 9.17) is 10.00 Å². The third-order valence-corrected chi connectivity index (χ3v) is 2.98. The van der Waals surface area contributed by atoms with Crippen LogP contribution in [0.15, 0.2) is 36.4 Å². The van der Waals surface area contributed by atoms with Gasteiger partial charge in [-0.25, -0.2) is 8.78 Å². The highest BCUT2D eigenvalue weighted by molar-refractivity contribution is 5.48. The smallest absolute Gasteiger partial charge is 0.174 e. The summed E-state index contributed by atoms with van der Waals surface area (Å²) in [7, 11) is 0. The van der Waals surface area contributed by atoms with E-state index in [1.165, 1.54) is 6.92 Å². The third-order valence-electron chi connectivity index (χ3n) is 2.98. The van der Waals surface area contributed by atoms with Crippen molar-refractivity contribution in [2.75, 3.05) is 11.9 Å². The molecule has 0 saturated carbocycles. The van der Waals surface area contributed by atoms with Gasteiger partial charge in [0.2, 0.25) is 0 Å². The molecule has 0 aliphatic heterocycles. The molecule has 0 bridgehead atoms. The van der Waals surface area contributed by atoms with Crippen molar-refractivity contribution in [3.63, 3.8) is 0 Å². The van der Waals surface area contributed by atoms with Gasteiger partial charge in [-0.3, -0.25) is 0 Å². The van der Waals surface area contributed by atoms with Crippen LogP contribution in [0, 0.1) is 29.9 Å². The zero-order valence-electron chi connectivity index (χ0n) is 11.5. The van der Waals surface area contributed by atoms with E-state index < -0.39 is 11.6 Å². The molecule has 0 atom stereocenters. The van der Waals surface area contributed by atoms with Crippen molar-refractivity contribution < 1.29 is 13.5 Å². The Hall–Kier alpha value is -2.61. The molecule has 0 aromatic heterocycles. The van der Waals surface area contributed by atoms with Gasteiger partial charge in [0.25, 0.3) is 0 Å². The predicted octanol–water partition coefficient (Wildman–Crippen LogP) is 3.79. The molecule has 0 aliphatic carbocycles. The zero-order chi connectivity index (χ0) is 15.2. The second kappa shape index (κ2) is 6.71. The van der Waals surface area contributed by atoms with Gasteiger partial charge in [-0.2, -0.15) is 5.26 Å². The highest BCUT2D eigenvalue weighted by Crippen LogP contribution is 2.22. The van der Waals surface area contributed by atoms with Crippen LogP contribution in [0.2, 0.25) is 0 Å². The Bertz CT molecular complexity index is 680. The molecule has 21 heavy (non-hydrogen) atoms. The van der Waals surface area contributed by atoms with Crippen molar-refractivity contribution in [3.8, 4) is 11.8 Å². The fraction of sp³-hybridized carbons (Fsp3) is 0.188. The lowest BCUT2D eigenvalue weighted by atomic mass is 10.1. The van der Waals surface area contributed by atoms with Crippen LogP contribution in [0.3, 0.4) is 0 Å². The van der Waals surface area contributed by atoms with E-state index in [2.05, 4.69) is 5.32 Å². The van der Waals surface area contributed by atoms with Gasteiger partial charge in [-0.1, -0.05) is 18.2 Å². The van der Waals surface area contributed by atoms with E-state index in [-0.39, 0.29) is 24.4 Å². The number of para-hydroxylation sites is 1. The molecule has 0 fully saturated rings. The summed E-state index contributed by atoms with van der Waals surface area (Å²) >= 11 is 0. The molecule has 108 valence electrons. The van der Waals surface area contributed by atoms with Crippen LogP contribution in [0.4, 0.5) is 14.5 Å². The Morgan fingerprint density at radius 3 is 2.71 bits per heavy atom. The maximum atomic E-state index is 13.7. The van der Waals surface area contributed by atoms with Crippen LogP contribution in [-0.4, -0.2) is 6.61 Å². The normalized spacial score (nSPS) is 10.0. The number of benzene rings is 2. The SMILES string of the molecule is Cc1cc(F)c(NCc2ccccc2OCC#N)cc1F. The van der Waals surface area contributed by atoms with Gasteiger partial charge in [0.15, 0.2) is 6.61 Å². The standard InChI is InChI=1S/C16H14F2N2O/c1-11-8-14(18)15(9-13(11)17)20-10-12-4-2-3-5-16(12)21-7-6-19/h2-5,8-9,20H,7,10H2,1H3. The number of anilines is 1. The van der Waals surface area contributed by atoms with Crippen LogP contribution in [0.25, 0.3) is 0 Å². The minimum atomic E-state index is -0.510. The zero-order valence-corrected chi connectivity index (χ0v) is 11.5. The largest absolute Gasteiger partial charge is 0.478 e. The molecule has 0 radical (unpaired) electrons. The van der Waals surface area contributed by atoms with E-state index in [1.807, 2.05) is 12.1 Å². The molecular weight excluding hydrogens is 274 g/mol. The van der Waals surface area contributed by atoms with Gasteiger partial charge < -0.3 is 10.1 Å². The Morgan fingerprint density at radius 1 is 1.19 bits per heavy atom. The van der Waals surface area contributed by atoms with Gasteiger partial charge in [0.1, 0.15) is 23.5 Å². The summed E-state index contributed by atoms with van der Waals surface area (Å²) in [5.41, 5.74) is 1.11. The molecule has 0 heterocycles. The first kappa shape index (κ1) is 14.8. The van der Waals surface area contributed by atoms with E-state index in [0.29, 0.717) is 5.75 Å². The van der Waals surface area contributed by atoms with Gasteiger partial charge >= 0.3 is 0 Å². The van der Waals surface area contributed by atoms with Gasteiger partial charge in [0.05, 0.1) is 5.69 Å². The Balaban J connectivity index is 2.13. The van der Waals surface area contributed by atoms with Crippen molar-refractivity contribution in [1.29, 1.82) is 5.26 Å². The Morgan fingerprint density at radius 2 is 1.95 bits per heavy atom. The quantitative estimate of drug-likeness (QED) is 0.910. The van der Waals surface area contributed by atoms with E-state index in [9.17, 15) is 8.78 Å². The number of hydrogen-bond donors (Lipinski definition) is 1. The summed E-state index contributed by atoms with van der Waals surface area (Å²) < 4.78 is 32.5. The molecule has 2 aromatic rings. The summed E-state index contributed by atoms with van der Waals surface area (Å²) in [6, 6.07) is 11.3. The number of aryl methyl sites for hydroxylation is 1. The second-order valence-electron chi connectivity index (χ2n) is 4.49. The minimum absolute atomic E-state index is 0.0649. The maximum Gasteiger partial charge on any atom is 0.174 e. The summed E-state index contributed by atoms with van der Waals surface area (Å²) in [6.45, 7) is 1.71. The number of nitriles is 1. The topological polar surface area (TPSA) is 45.0 Å². The summed E-state index contributed by atoms with van der Waals surface area (Å²) in [6.07, 6.45) is 0. The maximum absolute atomic E-state index is 13.7. The van der Waals surface area contributed by atoms with Crippen LogP contribution in [-0.2, 0) is 6.54 Å². The molecule has 0 unspecified atom stereocenters. The third kappa shape index (κ3) is 3.69. The lowest BCUT2D eigenvalue weighted by Gasteiger charge is -2.12. The fourth-order valence-electron chi connectivity index (χ4n) is 1.87. The number of halogens is 2. The average molecular weight is 288 g/mol. The molecule has 0 amide bonds. The molecule has 1 N–H and O–H groups in total. The average Bonchev–Trinajstić information content (AvgIpc) is 2.48. The highest BCUT2D eigenvalue weighted by atomic mass is 19.1. The first-order chi connectivity index (χ1) is 10.1. The molecule has 0 aliphatic rings. The van der Waals surface area contributed by atoms with Gasteiger partial charge in [-0.05, 0) is 24.6 Å². The lowest BCUT2D eigenvalue weighted by Crippen LogP contribution is -2.05. The van der Waals surface area contributed by atoms with Crippen LogP contribution >= 0.6 is 0 Å². The minimum Gasteiger partial charge on any atom is -0.478 e. The number of nitrogens with one attached hydrogen (secondary N) is 1. The highest BCUT2D eigenvalue weighted by Gasteiger charge is 2.08. The number of ether oxygens (including phenoxy) is 1. The lowest BCUT2D eigenvalue weighted by molar-refractivity contribution is 0.364. The van der Waals surface area contributed by atoms with E-state index in [0.717, 1.165) is 17.7 Å². The predicted molar refractivity (Wildman–Crippen MR) is 76.0 cm³/mol. The van der Waals surface area contributed by atoms with Crippen molar-refractivity contribution in [2.45, 2.75) is 13.5 Å². The van der Waals surface area contributed by atoms with Crippen LogP contribution in [0.1, 0.15) is 11.1 Å². The summed E-state index contributed by atoms with van der Waals surface area (Å²) in [4.78, 5) is 0. The van der Waals surface area contributed by atoms with Crippen molar-refractivity contribution in [1.82, 2.24) is 0 Å². The molecule has 0 saturated heterocycles. The molecule has 5 heteroatoms. The molecule has 0 spiro atoms. The first-order valence-corrected chi connectivity index (χ1v) is 6.39. The Labute approximate surface area is 121 Å². The van der Waals surface area contributed by atoms with E-state index in [1.54, 1.807) is 18.2 Å². The van der Waals surface area contributed by atoms with Crippen molar-refractivity contribution >= 4 is 5.69 Å². The van der Waals surface area contributed by atoms with Crippen molar-refractivity contribution in [2.24, 2.45) is 0 Å². The number of nitrogens with zero attached hydrogens (tertiary/aromatic N) is 1. The monoisotopic (exact) mass is 288 g/mol. The summed E-state index contributed by atoms with van der Waals surface area (Å²) in [5, 5.41) is 11.4. The first-order valence-electron chi connectivity index (χ1n) is 6.39. The van der Waals surface area contributed by atoms with Crippen LogP contribution in [0.5, 0.6) is 5.75 Å². The van der Waals surface area contributed by atoms with Crippen LogP contribution < -0.4 is 10.1 Å². The molecular formula is C16H14F2N2O. The van der Waals surface area contributed by atoms with Gasteiger partial charge in [0, 0.05) is 18.2 Å². The summed E-state index contributed by atoms with van der Waals surface area (Å²) in [5.74, 6) is -0.434. The molecule has 2 rings (SSSR count). The van der Waals surface area contributed by atoms with E-state index >= 15 is 0 Å². The number of rotatable bonds is 5. The molecule has 2 aromatic carbocycles. The molecule has 3 nitrogen and oxygen atoms in total. The number of hydrogen-bond acceptors (Lipinski definition) is 3. The Kier molecular flexibility index (Phi) is 4.72. The second-order valence-corrected chi connectivity index (χ2v) is 4.49. The van der Waals surface area contributed by atoms with Gasteiger partial charge in [-0.15, -0.1) is 0 Å². The fourth-order valence-corrected chi connectivity index (χ4v) is 1.87. The van der Waals surface area contributed by atoms with Crippen molar-refractivity contribution in [3.05, 3.63) is 59.2 Å².